The van der Waals surface area contributed by atoms with Gasteiger partial charge >= 0.3 is 5.97 Å². The Morgan fingerprint density at radius 1 is 1.03 bits per heavy atom. The van der Waals surface area contributed by atoms with E-state index in [1.165, 1.54) is 6.08 Å². The smallest absolute Gasteiger partial charge is 0.326 e. The van der Waals surface area contributed by atoms with Gasteiger partial charge in [0.15, 0.2) is 0 Å². The van der Waals surface area contributed by atoms with Crippen molar-refractivity contribution in [3.63, 3.8) is 0 Å². The van der Waals surface area contributed by atoms with Crippen LogP contribution in [0, 0.1) is 5.92 Å². The van der Waals surface area contributed by atoms with Gasteiger partial charge in [0.2, 0.25) is 0 Å². The Bertz CT molecular complexity index is 905. The van der Waals surface area contributed by atoms with E-state index in [4.69, 9.17) is 4.74 Å². The largest absolute Gasteiger partial charge is 0.497 e. The summed E-state index contributed by atoms with van der Waals surface area (Å²) in [5.41, 5.74) is 0.969. The van der Waals surface area contributed by atoms with Gasteiger partial charge in [-0.25, -0.2) is 4.79 Å². The minimum absolute atomic E-state index is 0.0518. The fourth-order valence-electron chi connectivity index (χ4n) is 2.74. The molecular weight excluding hydrogens is 384 g/mol. The number of carboxylic acids is 1. The molecule has 3 N–H and O–H groups in total. The van der Waals surface area contributed by atoms with Gasteiger partial charge in [-0.15, -0.1) is 0 Å². The van der Waals surface area contributed by atoms with Crippen molar-refractivity contribution in [1.29, 1.82) is 0 Å². The van der Waals surface area contributed by atoms with E-state index < -0.39 is 23.8 Å². The lowest BCUT2D eigenvalue weighted by Crippen LogP contribution is -2.45. The average Bonchev–Trinajstić information content (AvgIpc) is 2.73. The maximum atomic E-state index is 12.9. The molecule has 2 aromatic rings. The molecule has 0 saturated carbocycles. The number of nitrogens with one attached hydrogen (secondary N) is 2. The number of amides is 2. The van der Waals surface area contributed by atoms with Crippen LogP contribution in [0.1, 0.15) is 36.2 Å². The topological polar surface area (TPSA) is 105 Å². The number of rotatable bonds is 9. The van der Waals surface area contributed by atoms with Gasteiger partial charge in [-0.05, 0) is 48.2 Å². The van der Waals surface area contributed by atoms with Gasteiger partial charge in [-0.3, -0.25) is 9.59 Å². The maximum Gasteiger partial charge on any atom is 0.326 e. The molecule has 0 aliphatic rings. The Hall–Kier alpha value is -3.61. The quantitative estimate of drug-likeness (QED) is 0.551. The third-order valence-electron chi connectivity index (χ3n) is 4.27. The van der Waals surface area contributed by atoms with E-state index in [1.54, 1.807) is 61.7 Å². The van der Waals surface area contributed by atoms with Crippen LogP contribution in [0.4, 0.5) is 0 Å². The molecule has 7 nitrogen and oxygen atoms in total. The molecule has 0 radical (unpaired) electrons. The fraction of sp³-hybridized carbons (Fsp3) is 0.261. The fourth-order valence-corrected chi connectivity index (χ4v) is 2.74. The minimum atomic E-state index is -1.13. The monoisotopic (exact) mass is 410 g/mol. The molecule has 0 bridgehead atoms. The van der Waals surface area contributed by atoms with Gasteiger partial charge < -0.3 is 20.5 Å². The van der Waals surface area contributed by atoms with Crippen molar-refractivity contribution in [1.82, 2.24) is 10.6 Å². The SMILES string of the molecule is COc1ccc(/C=C(/NC(=O)c2ccccc2)C(=O)N[C@@H](CC(C)C)C(=O)O)cc1. The number of benzene rings is 2. The molecule has 0 fully saturated rings. The highest BCUT2D eigenvalue weighted by Gasteiger charge is 2.24. The van der Waals surface area contributed by atoms with Gasteiger partial charge in [-0.1, -0.05) is 44.2 Å². The highest BCUT2D eigenvalue weighted by atomic mass is 16.5. The number of ether oxygens (including phenoxy) is 1. The molecule has 0 aliphatic heterocycles. The highest BCUT2D eigenvalue weighted by molar-refractivity contribution is 6.06. The van der Waals surface area contributed by atoms with Crippen molar-refractivity contribution in [3.8, 4) is 5.75 Å². The molecule has 7 heteroatoms. The zero-order chi connectivity index (χ0) is 22.1. The molecule has 0 aromatic heterocycles. The Labute approximate surface area is 175 Å². The predicted molar refractivity (Wildman–Crippen MR) is 114 cm³/mol. The number of carbonyl (C=O) groups excluding carboxylic acids is 2. The summed E-state index contributed by atoms with van der Waals surface area (Å²) < 4.78 is 5.12. The van der Waals surface area contributed by atoms with Crippen molar-refractivity contribution in [3.05, 3.63) is 71.4 Å². The first-order valence-electron chi connectivity index (χ1n) is 9.56. The number of carboxylic acid groups (broad SMARTS) is 1. The molecule has 0 aliphatic carbocycles. The third kappa shape index (κ3) is 6.77. The molecular formula is C23H26N2O5. The van der Waals surface area contributed by atoms with Gasteiger partial charge in [0, 0.05) is 5.56 Å². The summed E-state index contributed by atoms with van der Waals surface area (Å²) in [6.45, 7) is 3.74. The summed E-state index contributed by atoms with van der Waals surface area (Å²) in [7, 11) is 1.55. The number of carbonyl (C=O) groups is 3. The summed E-state index contributed by atoms with van der Waals surface area (Å²) in [5, 5.41) is 14.5. The number of aliphatic carboxylic acids is 1. The second kappa shape index (κ2) is 10.8. The van der Waals surface area contributed by atoms with Crippen LogP contribution < -0.4 is 15.4 Å². The Kier molecular flexibility index (Phi) is 8.17. The summed E-state index contributed by atoms with van der Waals surface area (Å²) in [4.78, 5) is 37.0. The minimum Gasteiger partial charge on any atom is -0.497 e. The average molecular weight is 410 g/mol. The first-order chi connectivity index (χ1) is 14.3. The van der Waals surface area contributed by atoms with Crippen molar-refractivity contribution < 1.29 is 24.2 Å². The Morgan fingerprint density at radius 2 is 1.67 bits per heavy atom. The first-order valence-corrected chi connectivity index (χ1v) is 9.56. The Balaban J connectivity index is 2.31. The standard InChI is InChI=1S/C23H26N2O5/c1-15(2)13-20(23(28)29)25-22(27)19(14-16-9-11-18(30-3)12-10-16)24-21(26)17-7-5-4-6-8-17/h4-12,14-15,20H,13H2,1-3H3,(H,24,26)(H,25,27)(H,28,29)/b19-14+/t20-/m0/s1. The van der Waals surface area contributed by atoms with Crippen molar-refractivity contribution in [2.24, 2.45) is 5.92 Å². The van der Waals surface area contributed by atoms with Gasteiger partial charge in [-0.2, -0.15) is 0 Å². The van der Waals surface area contributed by atoms with Crippen LogP contribution in [-0.2, 0) is 9.59 Å². The molecule has 158 valence electrons. The van der Waals surface area contributed by atoms with E-state index in [2.05, 4.69) is 10.6 Å². The highest BCUT2D eigenvalue weighted by Crippen LogP contribution is 2.14. The second-order valence-corrected chi connectivity index (χ2v) is 7.15. The maximum absolute atomic E-state index is 12.9. The lowest BCUT2D eigenvalue weighted by molar-refractivity contribution is -0.141. The molecule has 0 heterocycles. The van der Waals surface area contributed by atoms with Crippen LogP contribution >= 0.6 is 0 Å². The zero-order valence-corrected chi connectivity index (χ0v) is 17.2. The van der Waals surface area contributed by atoms with Crippen LogP contribution in [0.3, 0.4) is 0 Å². The van der Waals surface area contributed by atoms with E-state index in [0.29, 0.717) is 16.9 Å². The summed E-state index contributed by atoms with van der Waals surface area (Å²) in [6, 6.07) is 14.3. The molecule has 0 saturated heterocycles. The van der Waals surface area contributed by atoms with Gasteiger partial charge in [0.05, 0.1) is 7.11 Å². The van der Waals surface area contributed by atoms with Crippen LogP contribution in [-0.4, -0.2) is 36.0 Å². The van der Waals surface area contributed by atoms with Crippen molar-refractivity contribution in [2.45, 2.75) is 26.3 Å². The Morgan fingerprint density at radius 3 is 2.20 bits per heavy atom. The summed E-state index contributed by atoms with van der Waals surface area (Å²) >= 11 is 0. The first kappa shape index (κ1) is 22.7. The van der Waals surface area contributed by atoms with E-state index in [1.807, 2.05) is 13.8 Å². The van der Waals surface area contributed by atoms with E-state index in [9.17, 15) is 19.5 Å². The second-order valence-electron chi connectivity index (χ2n) is 7.15. The van der Waals surface area contributed by atoms with Crippen LogP contribution in [0.25, 0.3) is 6.08 Å². The lowest BCUT2D eigenvalue weighted by atomic mass is 10.0. The third-order valence-corrected chi connectivity index (χ3v) is 4.27. The van der Waals surface area contributed by atoms with E-state index >= 15 is 0 Å². The zero-order valence-electron chi connectivity index (χ0n) is 17.2. The number of methoxy groups -OCH3 is 1. The predicted octanol–water partition coefficient (Wildman–Crippen LogP) is 3.08. The number of hydrogen-bond donors (Lipinski definition) is 3. The van der Waals surface area contributed by atoms with Crippen molar-refractivity contribution in [2.75, 3.05) is 7.11 Å². The van der Waals surface area contributed by atoms with E-state index in [-0.39, 0.29) is 18.0 Å². The van der Waals surface area contributed by atoms with Gasteiger partial charge in [0.25, 0.3) is 11.8 Å². The molecule has 30 heavy (non-hydrogen) atoms. The molecule has 0 unspecified atom stereocenters. The van der Waals surface area contributed by atoms with Crippen LogP contribution in [0.2, 0.25) is 0 Å². The number of hydrogen-bond acceptors (Lipinski definition) is 4. The van der Waals surface area contributed by atoms with Crippen LogP contribution in [0.5, 0.6) is 5.75 Å². The van der Waals surface area contributed by atoms with Crippen molar-refractivity contribution >= 4 is 23.9 Å². The molecule has 2 aromatic carbocycles. The summed E-state index contributed by atoms with van der Waals surface area (Å²) in [6.07, 6.45) is 1.76. The van der Waals surface area contributed by atoms with Gasteiger partial charge in [0.1, 0.15) is 17.5 Å². The normalized spacial score (nSPS) is 12.2. The molecule has 0 spiro atoms. The summed E-state index contributed by atoms with van der Waals surface area (Å²) in [5.74, 6) is -1.56. The van der Waals surface area contributed by atoms with E-state index in [0.717, 1.165) is 0 Å². The molecule has 2 rings (SSSR count). The van der Waals surface area contributed by atoms with Crippen LogP contribution in [0.15, 0.2) is 60.3 Å². The lowest BCUT2D eigenvalue weighted by Gasteiger charge is -2.18. The molecule has 2 amide bonds. The molecule has 1 atom stereocenters.